The van der Waals surface area contributed by atoms with Gasteiger partial charge in [0.15, 0.2) is 0 Å². The molecule has 0 fully saturated rings. The number of aliphatic hydroxyl groups excluding tert-OH is 1. The van der Waals surface area contributed by atoms with Crippen molar-refractivity contribution in [1.29, 1.82) is 0 Å². The molecule has 2 heteroatoms. The first-order chi connectivity index (χ1) is 10.3. The molecule has 134 valence electrons. The second-order valence-corrected chi connectivity index (χ2v) is 7.37. The Labute approximate surface area is 140 Å². The second-order valence-electron chi connectivity index (χ2n) is 7.37. The highest BCUT2D eigenvalue weighted by molar-refractivity contribution is 4.65. The van der Waals surface area contributed by atoms with Gasteiger partial charge in [0, 0.05) is 6.61 Å². The van der Waals surface area contributed by atoms with E-state index in [4.69, 9.17) is 5.11 Å². The molecule has 0 unspecified atom stereocenters. The molecule has 2 nitrogen and oxygen atoms in total. The highest BCUT2D eigenvalue weighted by Gasteiger charge is 2.11. The molecule has 0 radical (unpaired) electrons. The maximum atomic E-state index is 9.33. The summed E-state index contributed by atoms with van der Waals surface area (Å²) in [6.07, 6.45) is 15.2. The third-order valence-electron chi connectivity index (χ3n) is 3.64. The van der Waals surface area contributed by atoms with Gasteiger partial charge in [-0.05, 0) is 45.4 Å². The summed E-state index contributed by atoms with van der Waals surface area (Å²) < 4.78 is 0. The van der Waals surface area contributed by atoms with Crippen molar-refractivity contribution < 1.29 is 10.2 Å². The Morgan fingerprint density at radius 2 is 1.41 bits per heavy atom. The van der Waals surface area contributed by atoms with Gasteiger partial charge >= 0.3 is 0 Å². The first kappa shape index (κ1) is 23.9. The van der Waals surface area contributed by atoms with Crippen molar-refractivity contribution in [3.8, 4) is 0 Å². The molecule has 0 bridgehead atoms. The fourth-order valence-electron chi connectivity index (χ4n) is 2.23. The Morgan fingerprint density at radius 3 is 1.82 bits per heavy atom. The van der Waals surface area contributed by atoms with Gasteiger partial charge in [0.05, 0.1) is 5.60 Å². The Kier molecular flexibility index (Phi) is 18.5. The van der Waals surface area contributed by atoms with Gasteiger partial charge in [-0.15, -0.1) is 6.58 Å². The van der Waals surface area contributed by atoms with Crippen molar-refractivity contribution in [2.75, 3.05) is 6.61 Å². The van der Waals surface area contributed by atoms with Gasteiger partial charge in [-0.25, -0.2) is 0 Å². The van der Waals surface area contributed by atoms with Gasteiger partial charge in [0.2, 0.25) is 0 Å². The Bertz CT molecular complexity index is 216. The largest absolute Gasteiger partial charge is 0.396 e. The van der Waals surface area contributed by atoms with Crippen LogP contribution in [0.1, 0.15) is 98.3 Å². The van der Waals surface area contributed by atoms with E-state index >= 15 is 0 Å². The van der Waals surface area contributed by atoms with Gasteiger partial charge in [-0.2, -0.15) is 0 Å². The fourth-order valence-corrected chi connectivity index (χ4v) is 2.23. The molecular weight excluding hydrogens is 272 g/mol. The summed E-state index contributed by atoms with van der Waals surface area (Å²) in [7, 11) is 0. The quantitative estimate of drug-likeness (QED) is 0.330. The van der Waals surface area contributed by atoms with Crippen LogP contribution >= 0.6 is 0 Å². The van der Waals surface area contributed by atoms with Crippen molar-refractivity contribution in [1.82, 2.24) is 0 Å². The van der Waals surface area contributed by atoms with Gasteiger partial charge in [0.1, 0.15) is 0 Å². The summed E-state index contributed by atoms with van der Waals surface area (Å²) in [4.78, 5) is 0. The molecule has 0 aromatic carbocycles. The topological polar surface area (TPSA) is 40.5 Å². The van der Waals surface area contributed by atoms with E-state index in [1.165, 1.54) is 44.9 Å². The summed E-state index contributed by atoms with van der Waals surface area (Å²) in [5.74, 6) is 0.766. The first-order valence-corrected chi connectivity index (χ1v) is 9.27. The zero-order valence-corrected chi connectivity index (χ0v) is 15.7. The molecule has 0 aliphatic rings. The lowest BCUT2D eigenvalue weighted by Gasteiger charge is -2.16. The Balaban J connectivity index is 0. The van der Waals surface area contributed by atoms with E-state index in [0.717, 1.165) is 31.6 Å². The van der Waals surface area contributed by atoms with Crippen LogP contribution in [0.15, 0.2) is 12.7 Å². The zero-order valence-electron chi connectivity index (χ0n) is 15.7. The lowest BCUT2D eigenvalue weighted by atomic mass is 9.98. The third-order valence-corrected chi connectivity index (χ3v) is 3.64. The highest BCUT2D eigenvalue weighted by Crippen LogP contribution is 2.14. The molecular formula is C20H42O2. The molecule has 22 heavy (non-hydrogen) atoms. The molecule has 0 aromatic rings. The normalized spacial score (nSPS) is 11.2. The van der Waals surface area contributed by atoms with E-state index in [1.807, 2.05) is 19.9 Å². The van der Waals surface area contributed by atoms with Crippen LogP contribution in [-0.4, -0.2) is 22.4 Å². The predicted octanol–water partition coefficient (Wildman–Crippen LogP) is 5.87. The van der Waals surface area contributed by atoms with Crippen LogP contribution in [0.3, 0.4) is 0 Å². The lowest BCUT2D eigenvalue weighted by molar-refractivity contribution is 0.0672. The monoisotopic (exact) mass is 314 g/mol. The average molecular weight is 315 g/mol. The number of allylic oxidation sites excluding steroid dienone is 1. The molecule has 0 aliphatic heterocycles. The SMILES string of the molecule is C=CCCCCCCCCCO.CC(C)CCCC(C)(C)O. The lowest BCUT2D eigenvalue weighted by Crippen LogP contribution is -2.18. The maximum absolute atomic E-state index is 9.33. The third kappa shape index (κ3) is 27.9. The van der Waals surface area contributed by atoms with Crippen LogP contribution in [0.5, 0.6) is 0 Å². The van der Waals surface area contributed by atoms with Gasteiger partial charge in [-0.3, -0.25) is 0 Å². The van der Waals surface area contributed by atoms with Crippen LogP contribution in [-0.2, 0) is 0 Å². The van der Waals surface area contributed by atoms with Crippen LogP contribution in [0.25, 0.3) is 0 Å². The standard InChI is InChI=1S/C11H22O.C9H20O/c1-2-3-4-5-6-7-8-9-10-11-12;1-8(2)6-5-7-9(3,4)10/h2,12H,1,3-11H2;8,10H,5-7H2,1-4H3. The van der Waals surface area contributed by atoms with Crippen molar-refractivity contribution in [2.24, 2.45) is 5.92 Å². The van der Waals surface area contributed by atoms with Crippen molar-refractivity contribution in [3.63, 3.8) is 0 Å². The highest BCUT2D eigenvalue weighted by atomic mass is 16.3. The molecule has 0 spiro atoms. The molecule has 2 N–H and O–H groups in total. The molecule has 0 amide bonds. The summed E-state index contributed by atoms with van der Waals surface area (Å²) in [6, 6.07) is 0. The summed E-state index contributed by atoms with van der Waals surface area (Å²) in [5, 5.41) is 17.9. The Morgan fingerprint density at radius 1 is 0.909 bits per heavy atom. The van der Waals surface area contributed by atoms with Crippen molar-refractivity contribution in [3.05, 3.63) is 12.7 Å². The number of hydrogen-bond acceptors (Lipinski definition) is 2. The molecule has 0 saturated carbocycles. The van der Waals surface area contributed by atoms with Gasteiger partial charge in [0.25, 0.3) is 0 Å². The Hall–Kier alpha value is -0.340. The predicted molar refractivity (Wildman–Crippen MR) is 99.2 cm³/mol. The number of rotatable bonds is 13. The minimum atomic E-state index is -0.463. The van der Waals surface area contributed by atoms with E-state index < -0.39 is 5.60 Å². The first-order valence-electron chi connectivity index (χ1n) is 9.27. The fraction of sp³-hybridized carbons (Fsp3) is 0.900. The van der Waals surface area contributed by atoms with Crippen LogP contribution in [0.4, 0.5) is 0 Å². The van der Waals surface area contributed by atoms with Crippen LogP contribution < -0.4 is 0 Å². The van der Waals surface area contributed by atoms with E-state index in [9.17, 15) is 5.11 Å². The van der Waals surface area contributed by atoms with Gasteiger partial charge in [-0.1, -0.05) is 64.9 Å². The zero-order chi connectivity index (χ0) is 17.3. The van der Waals surface area contributed by atoms with Gasteiger partial charge < -0.3 is 10.2 Å². The molecule has 0 aliphatic carbocycles. The van der Waals surface area contributed by atoms with Crippen molar-refractivity contribution >= 4 is 0 Å². The van der Waals surface area contributed by atoms with Crippen molar-refractivity contribution in [2.45, 2.75) is 104 Å². The van der Waals surface area contributed by atoms with Crippen LogP contribution in [0.2, 0.25) is 0 Å². The molecule has 0 heterocycles. The second kappa shape index (κ2) is 17.0. The average Bonchev–Trinajstić information content (AvgIpc) is 2.41. The van der Waals surface area contributed by atoms with E-state index in [2.05, 4.69) is 20.4 Å². The summed E-state index contributed by atoms with van der Waals surface area (Å²) >= 11 is 0. The molecule has 0 rings (SSSR count). The van der Waals surface area contributed by atoms with Crippen LogP contribution in [0, 0.1) is 5.92 Å². The van der Waals surface area contributed by atoms with E-state index in [-0.39, 0.29) is 0 Å². The molecule has 0 atom stereocenters. The van der Waals surface area contributed by atoms with E-state index in [1.54, 1.807) is 0 Å². The number of aliphatic hydroxyl groups is 2. The summed E-state index contributed by atoms with van der Waals surface area (Å²) in [5.41, 5.74) is -0.463. The minimum Gasteiger partial charge on any atom is -0.396 e. The van der Waals surface area contributed by atoms with E-state index in [0.29, 0.717) is 6.61 Å². The number of unbranched alkanes of at least 4 members (excludes halogenated alkanes) is 7. The maximum Gasteiger partial charge on any atom is 0.0591 e. The summed E-state index contributed by atoms with van der Waals surface area (Å²) in [6.45, 7) is 12.2. The smallest absolute Gasteiger partial charge is 0.0591 e. The molecule has 0 saturated heterocycles. The minimum absolute atomic E-state index is 0.358. The molecule has 0 aromatic heterocycles. The number of hydrogen-bond donors (Lipinski definition) is 2.